The molecule has 0 radical (unpaired) electrons. The number of likely N-dealkylation sites (N-methyl/N-ethyl adjacent to an activating group) is 2. The lowest BCUT2D eigenvalue weighted by atomic mass is 10.1. The summed E-state index contributed by atoms with van der Waals surface area (Å²) in [7, 11) is 3.07. The Morgan fingerprint density at radius 1 is 1.26 bits per heavy atom. The molecule has 110 valence electrons. The second-order valence-electron chi connectivity index (χ2n) is 4.63. The van der Waals surface area contributed by atoms with Gasteiger partial charge in [-0.1, -0.05) is 0 Å². The minimum atomic E-state index is -1.06. The van der Waals surface area contributed by atoms with Crippen LogP contribution in [0.1, 0.15) is 20.8 Å². The first-order valence-electron chi connectivity index (χ1n) is 6.10. The average molecular weight is 273 g/mol. The van der Waals surface area contributed by atoms with E-state index in [0.29, 0.717) is 0 Å². The largest absolute Gasteiger partial charge is 0.391 e. The highest BCUT2D eigenvalue weighted by atomic mass is 16.3. The number of nitrogens with one attached hydrogen (secondary N) is 2. The van der Waals surface area contributed by atoms with Crippen molar-refractivity contribution < 1.29 is 19.5 Å². The van der Waals surface area contributed by atoms with Crippen LogP contribution in [0.25, 0.3) is 0 Å². The topological polar surface area (TPSA) is 98.7 Å². The van der Waals surface area contributed by atoms with E-state index in [9.17, 15) is 19.5 Å². The summed E-state index contributed by atoms with van der Waals surface area (Å²) in [6.07, 6.45) is -1.05. The zero-order chi connectivity index (χ0) is 15.2. The number of Topliss-reactive ketones (excluding diaryl/α,β-unsaturated/α-hetero) is 1. The van der Waals surface area contributed by atoms with Crippen LogP contribution in [0.4, 0.5) is 0 Å². The summed E-state index contributed by atoms with van der Waals surface area (Å²) in [6.45, 7) is 4.36. The summed E-state index contributed by atoms with van der Waals surface area (Å²) in [5.41, 5.74) is 0. The maximum atomic E-state index is 12.0. The van der Waals surface area contributed by atoms with Crippen molar-refractivity contribution in [3.63, 3.8) is 0 Å². The van der Waals surface area contributed by atoms with Crippen molar-refractivity contribution in [3.8, 4) is 0 Å². The van der Waals surface area contributed by atoms with E-state index in [4.69, 9.17) is 0 Å². The molecule has 0 saturated carbocycles. The Kier molecular flexibility index (Phi) is 7.25. The number of aliphatic hydroxyl groups excluding tert-OH is 1. The smallest absolute Gasteiger partial charge is 0.247 e. The van der Waals surface area contributed by atoms with Gasteiger partial charge in [-0.2, -0.15) is 0 Å². The molecule has 0 unspecified atom stereocenters. The standard InChI is InChI=1S/C12H23N3O4/c1-7(16)6-15(5)12(19)10(9(3)17)14-11(18)8(2)13-4/h8-10,13,17H,6H2,1-5H3,(H,14,18)/t8-,9+,10-/m0/s1. The second kappa shape index (κ2) is 7.85. The van der Waals surface area contributed by atoms with Crippen molar-refractivity contribution >= 4 is 17.6 Å². The Morgan fingerprint density at radius 2 is 1.79 bits per heavy atom. The van der Waals surface area contributed by atoms with Crippen LogP contribution in [0, 0.1) is 0 Å². The van der Waals surface area contributed by atoms with Crippen LogP contribution >= 0.6 is 0 Å². The second-order valence-corrected chi connectivity index (χ2v) is 4.63. The Hall–Kier alpha value is -1.47. The van der Waals surface area contributed by atoms with Crippen LogP contribution in [-0.2, 0) is 14.4 Å². The van der Waals surface area contributed by atoms with Gasteiger partial charge in [0.15, 0.2) is 0 Å². The number of ketones is 1. The Morgan fingerprint density at radius 3 is 2.16 bits per heavy atom. The molecule has 7 nitrogen and oxygen atoms in total. The summed E-state index contributed by atoms with van der Waals surface area (Å²) in [4.78, 5) is 35.9. The van der Waals surface area contributed by atoms with E-state index in [1.54, 1.807) is 14.0 Å². The van der Waals surface area contributed by atoms with E-state index in [0.717, 1.165) is 0 Å². The number of amides is 2. The van der Waals surface area contributed by atoms with E-state index in [-0.39, 0.29) is 12.3 Å². The van der Waals surface area contributed by atoms with Crippen molar-refractivity contribution in [2.24, 2.45) is 0 Å². The first-order valence-corrected chi connectivity index (χ1v) is 6.10. The van der Waals surface area contributed by atoms with Gasteiger partial charge in [0.25, 0.3) is 0 Å². The number of carbonyl (C=O) groups is 3. The minimum absolute atomic E-state index is 0.0560. The zero-order valence-electron chi connectivity index (χ0n) is 12.1. The lowest BCUT2D eigenvalue weighted by Crippen LogP contribution is -2.56. The van der Waals surface area contributed by atoms with Gasteiger partial charge in [0.05, 0.1) is 18.7 Å². The van der Waals surface area contributed by atoms with Gasteiger partial charge >= 0.3 is 0 Å². The number of nitrogens with zero attached hydrogens (tertiary/aromatic N) is 1. The minimum Gasteiger partial charge on any atom is -0.391 e. The van der Waals surface area contributed by atoms with Crippen molar-refractivity contribution in [2.75, 3.05) is 20.6 Å². The van der Waals surface area contributed by atoms with Gasteiger partial charge in [0, 0.05) is 7.05 Å². The molecule has 3 atom stereocenters. The molecule has 0 aromatic heterocycles. The summed E-state index contributed by atoms with van der Waals surface area (Å²) in [5.74, 6) is -1.06. The van der Waals surface area contributed by atoms with Gasteiger partial charge in [-0.25, -0.2) is 0 Å². The summed E-state index contributed by atoms with van der Waals surface area (Å²) >= 11 is 0. The van der Waals surface area contributed by atoms with E-state index in [1.165, 1.54) is 25.8 Å². The van der Waals surface area contributed by atoms with Crippen LogP contribution in [0.2, 0.25) is 0 Å². The van der Waals surface area contributed by atoms with Gasteiger partial charge < -0.3 is 20.6 Å². The van der Waals surface area contributed by atoms with Gasteiger partial charge in [0.2, 0.25) is 11.8 Å². The molecular formula is C12H23N3O4. The molecule has 0 aliphatic rings. The molecule has 0 aliphatic heterocycles. The molecule has 0 rings (SSSR count). The molecule has 0 fully saturated rings. The predicted molar refractivity (Wildman–Crippen MR) is 70.5 cm³/mol. The van der Waals surface area contributed by atoms with E-state index < -0.39 is 30.0 Å². The molecule has 0 aliphatic carbocycles. The number of rotatable bonds is 7. The SMILES string of the molecule is CN[C@@H](C)C(=O)N[C@H](C(=O)N(C)CC(C)=O)[C@@H](C)O. The predicted octanol–water partition coefficient (Wildman–Crippen LogP) is -1.49. The monoisotopic (exact) mass is 273 g/mol. The van der Waals surface area contributed by atoms with Gasteiger partial charge in [-0.3, -0.25) is 14.4 Å². The van der Waals surface area contributed by atoms with Crippen molar-refractivity contribution in [2.45, 2.75) is 39.0 Å². The molecular weight excluding hydrogens is 250 g/mol. The Labute approximate surface area is 113 Å². The molecule has 2 amide bonds. The summed E-state index contributed by atoms with van der Waals surface area (Å²) in [6, 6.07) is -1.54. The van der Waals surface area contributed by atoms with E-state index in [1.807, 2.05) is 0 Å². The molecule has 0 aromatic carbocycles. The number of hydrogen-bond donors (Lipinski definition) is 3. The van der Waals surface area contributed by atoms with Crippen LogP contribution in [-0.4, -0.2) is 66.4 Å². The van der Waals surface area contributed by atoms with Crippen LogP contribution in [0.15, 0.2) is 0 Å². The first kappa shape index (κ1) is 17.5. The normalized spacial score (nSPS) is 15.3. The fourth-order valence-electron chi connectivity index (χ4n) is 1.45. The average Bonchev–Trinajstić information content (AvgIpc) is 2.32. The summed E-state index contributed by atoms with van der Waals surface area (Å²) < 4.78 is 0. The maximum absolute atomic E-state index is 12.0. The van der Waals surface area contributed by atoms with Crippen LogP contribution in [0.3, 0.4) is 0 Å². The molecule has 3 N–H and O–H groups in total. The van der Waals surface area contributed by atoms with Crippen LogP contribution < -0.4 is 10.6 Å². The lowest BCUT2D eigenvalue weighted by Gasteiger charge is -2.26. The van der Waals surface area contributed by atoms with Crippen molar-refractivity contribution in [1.29, 1.82) is 0 Å². The van der Waals surface area contributed by atoms with Gasteiger partial charge in [-0.05, 0) is 27.8 Å². The highest BCUT2D eigenvalue weighted by molar-refractivity contribution is 5.92. The third kappa shape index (κ3) is 5.80. The highest BCUT2D eigenvalue weighted by Gasteiger charge is 2.29. The number of aliphatic hydroxyl groups is 1. The molecule has 0 aromatic rings. The highest BCUT2D eigenvalue weighted by Crippen LogP contribution is 2.00. The lowest BCUT2D eigenvalue weighted by molar-refractivity contribution is -0.140. The van der Waals surface area contributed by atoms with Gasteiger partial charge in [-0.15, -0.1) is 0 Å². The van der Waals surface area contributed by atoms with Crippen molar-refractivity contribution in [3.05, 3.63) is 0 Å². The third-order valence-electron chi connectivity index (χ3n) is 2.71. The molecule has 0 bridgehead atoms. The molecule has 0 spiro atoms. The quantitative estimate of drug-likeness (QED) is 0.525. The van der Waals surface area contributed by atoms with Crippen LogP contribution in [0.5, 0.6) is 0 Å². The maximum Gasteiger partial charge on any atom is 0.247 e. The number of carbonyl (C=O) groups excluding carboxylic acids is 3. The fraction of sp³-hybridized carbons (Fsp3) is 0.750. The van der Waals surface area contributed by atoms with E-state index >= 15 is 0 Å². The molecule has 19 heavy (non-hydrogen) atoms. The third-order valence-corrected chi connectivity index (χ3v) is 2.71. The molecule has 0 heterocycles. The van der Waals surface area contributed by atoms with E-state index in [2.05, 4.69) is 10.6 Å². The fourth-order valence-corrected chi connectivity index (χ4v) is 1.45. The number of hydrogen-bond acceptors (Lipinski definition) is 5. The zero-order valence-corrected chi connectivity index (χ0v) is 12.1. The molecule has 7 heteroatoms. The first-order chi connectivity index (χ1) is 8.70. The Balaban J connectivity index is 4.77. The summed E-state index contributed by atoms with van der Waals surface area (Å²) in [5, 5.41) is 14.8. The Bertz CT molecular complexity index is 344. The molecule has 0 saturated heterocycles. The van der Waals surface area contributed by atoms with Crippen molar-refractivity contribution in [1.82, 2.24) is 15.5 Å². The van der Waals surface area contributed by atoms with Gasteiger partial charge in [0.1, 0.15) is 11.8 Å².